The summed E-state index contributed by atoms with van der Waals surface area (Å²) in [6.45, 7) is 3.66. The van der Waals surface area contributed by atoms with E-state index in [1.165, 1.54) is 17.7 Å². The van der Waals surface area contributed by atoms with Crippen LogP contribution in [0.25, 0.3) is 11.1 Å². The fourth-order valence-electron chi connectivity index (χ4n) is 4.26. The second-order valence-corrected chi connectivity index (χ2v) is 8.70. The Bertz CT molecular complexity index is 1250. The third-order valence-corrected chi connectivity index (χ3v) is 6.25. The van der Waals surface area contributed by atoms with Crippen LogP contribution in [0.1, 0.15) is 15.9 Å². The second-order valence-electron chi connectivity index (χ2n) is 8.70. The summed E-state index contributed by atoms with van der Waals surface area (Å²) in [6.07, 6.45) is 1.63. The number of carbonyl (C=O) groups is 1. The van der Waals surface area contributed by atoms with Gasteiger partial charge in [-0.05, 0) is 53.1 Å². The molecule has 0 spiro atoms. The first-order valence-electron chi connectivity index (χ1n) is 11.8. The van der Waals surface area contributed by atoms with E-state index in [9.17, 15) is 9.18 Å². The second kappa shape index (κ2) is 10.5. The number of hydrogen-bond donors (Lipinski definition) is 1. The molecule has 0 saturated carbocycles. The molecule has 1 amide bonds. The molecule has 6 heteroatoms. The predicted molar refractivity (Wildman–Crippen MR) is 137 cm³/mol. The van der Waals surface area contributed by atoms with Gasteiger partial charge in [-0.15, -0.1) is 0 Å². The monoisotopic (exact) mass is 466 g/mol. The highest BCUT2D eigenvalue weighted by molar-refractivity contribution is 5.94. The lowest BCUT2D eigenvalue weighted by atomic mass is 10.1. The zero-order valence-corrected chi connectivity index (χ0v) is 19.4. The van der Waals surface area contributed by atoms with E-state index in [4.69, 9.17) is 0 Å². The maximum atomic E-state index is 13.1. The van der Waals surface area contributed by atoms with Gasteiger partial charge in [-0.2, -0.15) is 0 Å². The van der Waals surface area contributed by atoms with E-state index >= 15 is 0 Å². The van der Waals surface area contributed by atoms with Crippen LogP contribution in [0.5, 0.6) is 0 Å². The summed E-state index contributed by atoms with van der Waals surface area (Å²) in [5.74, 6) is 0.468. The minimum atomic E-state index is -0.222. The van der Waals surface area contributed by atoms with Crippen LogP contribution < -0.4 is 5.32 Å². The quantitative estimate of drug-likeness (QED) is 0.403. The summed E-state index contributed by atoms with van der Waals surface area (Å²) in [6, 6.07) is 28.7. The van der Waals surface area contributed by atoms with Crippen LogP contribution in [0.15, 0.2) is 97.2 Å². The highest BCUT2D eigenvalue weighted by atomic mass is 19.1. The molecule has 5 nitrogen and oxygen atoms in total. The van der Waals surface area contributed by atoms with Crippen LogP contribution in [0.4, 0.5) is 15.9 Å². The Morgan fingerprint density at radius 1 is 0.800 bits per heavy atom. The molecule has 0 aliphatic carbocycles. The van der Waals surface area contributed by atoms with E-state index in [2.05, 4.69) is 39.5 Å². The van der Waals surface area contributed by atoms with Gasteiger partial charge in [0.05, 0.1) is 5.56 Å². The van der Waals surface area contributed by atoms with E-state index in [-0.39, 0.29) is 11.7 Å². The molecule has 0 radical (unpaired) electrons. The highest BCUT2D eigenvalue weighted by Crippen LogP contribution is 2.23. The molecule has 35 heavy (non-hydrogen) atoms. The van der Waals surface area contributed by atoms with Crippen LogP contribution in [-0.2, 0) is 6.54 Å². The average Bonchev–Trinajstić information content (AvgIpc) is 2.91. The third kappa shape index (κ3) is 5.73. The zero-order chi connectivity index (χ0) is 24.0. The third-order valence-electron chi connectivity index (χ3n) is 6.25. The lowest BCUT2D eigenvalue weighted by Crippen LogP contribution is -2.48. The topological polar surface area (TPSA) is 48.5 Å². The molecular formula is C29H27FN4O. The molecule has 1 saturated heterocycles. The number of halogens is 1. The van der Waals surface area contributed by atoms with Gasteiger partial charge in [-0.25, -0.2) is 9.37 Å². The van der Waals surface area contributed by atoms with Gasteiger partial charge in [0.1, 0.15) is 11.6 Å². The molecule has 1 fully saturated rings. The summed E-state index contributed by atoms with van der Waals surface area (Å²) < 4.78 is 13.1. The number of rotatable bonds is 6. The SMILES string of the molecule is O=C(c1ccc(Nc2ccc(-c3ccccc3)cc2)nc1)N1CCN(Cc2ccc(F)cc2)CC1. The lowest BCUT2D eigenvalue weighted by Gasteiger charge is -2.34. The van der Waals surface area contributed by atoms with Gasteiger partial charge in [0.2, 0.25) is 0 Å². The smallest absolute Gasteiger partial charge is 0.255 e. The number of amides is 1. The maximum Gasteiger partial charge on any atom is 0.255 e. The van der Waals surface area contributed by atoms with Crippen LogP contribution in [0, 0.1) is 5.82 Å². The fraction of sp³-hybridized carbons (Fsp3) is 0.172. The molecule has 0 bridgehead atoms. The fourth-order valence-corrected chi connectivity index (χ4v) is 4.26. The number of pyridine rings is 1. The van der Waals surface area contributed by atoms with Gasteiger partial charge in [0.15, 0.2) is 0 Å². The Morgan fingerprint density at radius 3 is 2.14 bits per heavy atom. The maximum absolute atomic E-state index is 13.1. The average molecular weight is 467 g/mol. The van der Waals surface area contributed by atoms with Gasteiger partial charge in [-0.1, -0.05) is 54.6 Å². The number of nitrogens with one attached hydrogen (secondary N) is 1. The zero-order valence-electron chi connectivity index (χ0n) is 19.4. The minimum absolute atomic E-state index is 0.00213. The van der Waals surface area contributed by atoms with Crippen molar-refractivity contribution in [3.8, 4) is 11.1 Å². The molecular weight excluding hydrogens is 439 g/mol. The first-order valence-corrected chi connectivity index (χ1v) is 11.8. The van der Waals surface area contributed by atoms with Crippen LogP contribution in [0.2, 0.25) is 0 Å². The number of carbonyl (C=O) groups excluding carboxylic acids is 1. The Balaban J connectivity index is 1.14. The van der Waals surface area contributed by atoms with Crippen molar-refractivity contribution in [1.82, 2.24) is 14.8 Å². The van der Waals surface area contributed by atoms with Crippen LogP contribution >= 0.6 is 0 Å². The summed E-state index contributed by atoms with van der Waals surface area (Å²) in [5.41, 5.74) is 4.93. The van der Waals surface area contributed by atoms with E-state index in [1.54, 1.807) is 6.20 Å². The molecule has 1 aliphatic heterocycles. The summed E-state index contributed by atoms with van der Waals surface area (Å²) >= 11 is 0. The van der Waals surface area contributed by atoms with E-state index in [1.807, 2.05) is 59.5 Å². The van der Waals surface area contributed by atoms with Gasteiger partial charge >= 0.3 is 0 Å². The normalized spacial score (nSPS) is 14.0. The van der Waals surface area contributed by atoms with Crippen molar-refractivity contribution in [3.63, 3.8) is 0 Å². The Kier molecular flexibility index (Phi) is 6.82. The number of anilines is 2. The summed E-state index contributed by atoms with van der Waals surface area (Å²) in [7, 11) is 0. The molecule has 5 rings (SSSR count). The van der Waals surface area contributed by atoms with Gasteiger partial charge < -0.3 is 10.2 Å². The van der Waals surface area contributed by atoms with Crippen molar-refractivity contribution in [1.29, 1.82) is 0 Å². The van der Waals surface area contributed by atoms with Crippen molar-refractivity contribution in [3.05, 3.63) is 114 Å². The molecule has 0 unspecified atom stereocenters. The van der Waals surface area contributed by atoms with Gasteiger partial charge in [0, 0.05) is 44.6 Å². The molecule has 0 atom stereocenters. The van der Waals surface area contributed by atoms with Crippen LogP contribution in [-0.4, -0.2) is 46.9 Å². The number of benzene rings is 3. The highest BCUT2D eigenvalue weighted by Gasteiger charge is 2.22. The first-order chi connectivity index (χ1) is 17.1. The Hall–Kier alpha value is -4.03. The number of hydrogen-bond acceptors (Lipinski definition) is 4. The molecule has 1 aliphatic rings. The van der Waals surface area contributed by atoms with E-state index in [0.29, 0.717) is 24.5 Å². The molecule has 2 heterocycles. The summed E-state index contributed by atoms with van der Waals surface area (Å²) in [4.78, 5) is 21.5. The number of nitrogens with zero attached hydrogens (tertiary/aromatic N) is 3. The minimum Gasteiger partial charge on any atom is -0.340 e. The van der Waals surface area contributed by atoms with E-state index < -0.39 is 0 Å². The molecule has 4 aromatic rings. The van der Waals surface area contributed by atoms with Crippen molar-refractivity contribution < 1.29 is 9.18 Å². The Morgan fingerprint density at radius 2 is 1.49 bits per heavy atom. The van der Waals surface area contributed by atoms with Crippen molar-refractivity contribution in [2.45, 2.75) is 6.54 Å². The van der Waals surface area contributed by atoms with Crippen molar-refractivity contribution >= 4 is 17.4 Å². The lowest BCUT2D eigenvalue weighted by molar-refractivity contribution is 0.0628. The molecule has 3 aromatic carbocycles. The van der Waals surface area contributed by atoms with Gasteiger partial charge in [0.25, 0.3) is 5.91 Å². The molecule has 176 valence electrons. The first kappa shape index (κ1) is 22.7. The van der Waals surface area contributed by atoms with Gasteiger partial charge in [-0.3, -0.25) is 9.69 Å². The van der Waals surface area contributed by atoms with Crippen LogP contribution in [0.3, 0.4) is 0 Å². The van der Waals surface area contributed by atoms with Crippen molar-refractivity contribution in [2.75, 3.05) is 31.5 Å². The standard InChI is InChI=1S/C29H27FN4O/c30-26-11-6-22(7-12-26)21-33-16-18-34(19-17-33)29(35)25-10-15-28(31-20-25)32-27-13-8-24(9-14-27)23-4-2-1-3-5-23/h1-15,20H,16-19,21H2,(H,31,32). The Labute approximate surface area is 204 Å². The molecule has 1 aromatic heterocycles. The number of aromatic nitrogens is 1. The predicted octanol–water partition coefficient (Wildman–Crippen LogP) is 5.59. The molecule has 1 N–H and O–H groups in total. The summed E-state index contributed by atoms with van der Waals surface area (Å²) in [5, 5.41) is 3.29. The number of piperazine rings is 1. The van der Waals surface area contributed by atoms with Crippen molar-refractivity contribution in [2.24, 2.45) is 0 Å². The van der Waals surface area contributed by atoms with E-state index in [0.717, 1.165) is 36.4 Å². The largest absolute Gasteiger partial charge is 0.340 e.